The number of halogens is 4. The van der Waals surface area contributed by atoms with Gasteiger partial charge < -0.3 is 5.32 Å². The van der Waals surface area contributed by atoms with Crippen LogP contribution in [0, 0.1) is 0 Å². The van der Waals surface area contributed by atoms with Gasteiger partial charge in [0.1, 0.15) is 6.54 Å². The van der Waals surface area contributed by atoms with E-state index in [2.05, 4.69) is 15.4 Å². The van der Waals surface area contributed by atoms with Crippen LogP contribution in [0.5, 0.6) is 0 Å². The second kappa shape index (κ2) is 6.43. The maximum absolute atomic E-state index is 13.1. The van der Waals surface area contributed by atoms with E-state index in [1.165, 1.54) is 6.20 Å². The number of nitrogens with one attached hydrogen (secondary N) is 1. The maximum Gasteiger partial charge on any atom is 0.435 e. The van der Waals surface area contributed by atoms with Crippen LogP contribution in [0.15, 0.2) is 18.3 Å². The fourth-order valence-electron chi connectivity index (χ4n) is 2.83. The summed E-state index contributed by atoms with van der Waals surface area (Å²) in [7, 11) is 0. The summed E-state index contributed by atoms with van der Waals surface area (Å²) in [6, 6.07) is 3.16. The molecule has 0 atom stereocenters. The van der Waals surface area contributed by atoms with Crippen LogP contribution >= 0.6 is 11.6 Å². The number of fused-ring (bicyclic) bond motifs is 1. The minimum atomic E-state index is -4.52. The summed E-state index contributed by atoms with van der Waals surface area (Å²) in [6.45, 7) is -0.302. The van der Waals surface area contributed by atoms with Crippen LogP contribution < -0.4 is 5.32 Å². The Morgan fingerprint density at radius 3 is 2.79 bits per heavy atom. The van der Waals surface area contributed by atoms with Crippen molar-refractivity contribution in [3.05, 3.63) is 40.4 Å². The molecule has 0 unspecified atom stereocenters. The minimum Gasteiger partial charge on any atom is -0.322 e. The van der Waals surface area contributed by atoms with Crippen molar-refractivity contribution in [3.8, 4) is 0 Å². The van der Waals surface area contributed by atoms with Crippen molar-refractivity contribution in [3.63, 3.8) is 0 Å². The number of hydrogen-bond acceptors (Lipinski definition) is 3. The number of anilines is 1. The second-order valence-corrected chi connectivity index (χ2v) is 5.88. The van der Waals surface area contributed by atoms with Crippen LogP contribution in [-0.4, -0.2) is 20.7 Å². The first-order valence-corrected chi connectivity index (χ1v) is 7.80. The van der Waals surface area contributed by atoms with Gasteiger partial charge in [0.15, 0.2) is 10.8 Å². The summed E-state index contributed by atoms with van der Waals surface area (Å²) in [4.78, 5) is 16.0. The molecule has 5 nitrogen and oxygen atoms in total. The normalized spacial score (nSPS) is 14.3. The van der Waals surface area contributed by atoms with Gasteiger partial charge in [-0.05, 0) is 37.8 Å². The van der Waals surface area contributed by atoms with Crippen molar-refractivity contribution in [2.45, 2.75) is 38.4 Å². The van der Waals surface area contributed by atoms with Crippen LogP contribution in [-0.2, 0) is 30.4 Å². The molecule has 2 heterocycles. The van der Waals surface area contributed by atoms with Crippen molar-refractivity contribution in [2.75, 3.05) is 5.32 Å². The molecule has 0 radical (unpaired) electrons. The quantitative estimate of drug-likeness (QED) is 0.855. The van der Waals surface area contributed by atoms with Gasteiger partial charge in [0.25, 0.3) is 0 Å². The third-order valence-electron chi connectivity index (χ3n) is 3.85. The molecule has 0 fully saturated rings. The number of carbonyl (C=O) groups excluding carboxylic acids is 1. The lowest BCUT2D eigenvalue weighted by atomic mass is 9.95. The Bertz CT molecular complexity index is 773. The van der Waals surface area contributed by atoms with Crippen LogP contribution in [0.1, 0.15) is 29.8 Å². The molecule has 0 saturated heterocycles. The lowest BCUT2D eigenvalue weighted by molar-refractivity contribution is -0.142. The highest BCUT2D eigenvalue weighted by Crippen LogP contribution is 2.35. The topological polar surface area (TPSA) is 59.8 Å². The predicted octanol–water partition coefficient (Wildman–Crippen LogP) is 3.47. The zero-order chi connectivity index (χ0) is 17.3. The highest BCUT2D eigenvalue weighted by Gasteiger charge is 2.39. The van der Waals surface area contributed by atoms with Crippen molar-refractivity contribution in [2.24, 2.45) is 0 Å². The zero-order valence-electron chi connectivity index (χ0n) is 12.5. The minimum absolute atomic E-state index is 0.115. The molecule has 128 valence electrons. The molecule has 1 aliphatic carbocycles. The van der Waals surface area contributed by atoms with E-state index in [1.54, 1.807) is 12.1 Å². The van der Waals surface area contributed by atoms with Gasteiger partial charge in [-0.15, -0.1) is 0 Å². The average Bonchev–Trinajstić information content (AvgIpc) is 2.89. The Hall–Kier alpha value is -2.09. The van der Waals surface area contributed by atoms with Gasteiger partial charge in [-0.3, -0.25) is 9.48 Å². The van der Waals surface area contributed by atoms with Crippen LogP contribution in [0.2, 0.25) is 5.15 Å². The number of pyridine rings is 1. The van der Waals surface area contributed by atoms with Gasteiger partial charge >= 0.3 is 6.18 Å². The third kappa shape index (κ3) is 3.38. The van der Waals surface area contributed by atoms with Gasteiger partial charge in [0.05, 0.1) is 5.69 Å². The van der Waals surface area contributed by atoms with E-state index < -0.39 is 17.8 Å². The van der Waals surface area contributed by atoms with E-state index in [9.17, 15) is 18.0 Å². The van der Waals surface area contributed by atoms with Gasteiger partial charge in [0, 0.05) is 17.5 Å². The number of alkyl halides is 3. The first-order valence-electron chi connectivity index (χ1n) is 7.42. The molecule has 0 bridgehead atoms. The number of rotatable bonds is 3. The zero-order valence-corrected chi connectivity index (χ0v) is 13.3. The highest BCUT2D eigenvalue weighted by molar-refractivity contribution is 6.32. The number of nitrogens with zero attached hydrogens (tertiary/aromatic N) is 3. The van der Waals surface area contributed by atoms with Gasteiger partial charge in [-0.25, -0.2) is 4.98 Å². The van der Waals surface area contributed by atoms with Gasteiger partial charge in [0.2, 0.25) is 5.91 Å². The van der Waals surface area contributed by atoms with Crippen LogP contribution in [0.3, 0.4) is 0 Å². The van der Waals surface area contributed by atoms with Gasteiger partial charge in [-0.2, -0.15) is 18.3 Å². The smallest absolute Gasteiger partial charge is 0.322 e. The summed E-state index contributed by atoms with van der Waals surface area (Å²) in [5.41, 5.74) is 0.118. The van der Waals surface area contributed by atoms with E-state index in [1.807, 2.05) is 0 Å². The molecule has 1 aliphatic rings. The standard InChI is InChI=1S/C15H14ClF3N4O/c16-14-10(5-3-7-20-14)21-12(24)8-23-11-6-2-1-4-9(11)13(22-23)15(17,18)19/h3,5,7H,1-2,4,6,8H2,(H,21,24). The Labute approximate surface area is 140 Å². The molecule has 1 amide bonds. The molecule has 24 heavy (non-hydrogen) atoms. The molecule has 0 aromatic carbocycles. The Kier molecular flexibility index (Phi) is 4.49. The Morgan fingerprint density at radius 2 is 2.08 bits per heavy atom. The summed E-state index contributed by atoms with van der Waals surface area (Å²) in [5.74, 6) is -0.505. The SMILES string of the molecule is O=C(Cn1nc(C(F)(F)F)c2c1CCCC2)Nc1cccnc1Cl. The molecule has 2 aromatic rings. The van der Waals surface area contributed by atoms with E-state index in [4.69, 9.17) is 11.6 Å². The molecule has 0 aliphatic heterocycles. The summed E-state index contributed by atoms with van der Waals surface area (Å²) >= 11 is 5.85. The number of aromatic nitrogens is 3. The summed E-state index contributed by atoms with van der Waals surface area (Å²) < 4.78 is 40.5. The largest absolute Gasteiger partial charge is 0.435 e. The summed E-state index contributed by atoms with van der Waals surface area (Å²) in [6.07, 6.45) is -0.752. The molecular formula is C15H14ClF3N4O. The number of amides is 1. The van der Waals surface area contributed by atoms with Crippen molar-refractivity contribution in [1.82, 2.24) is 14.8 Å². The van der Waals surface area contributed by atoms with E-state index in [0.717, 1.165) is 11.1 Å². The molecule has 2 aromatic heterocycles. The highest BCUT2D eigenvalue weighted by atomic mass is 35.5. The third-order valence-corrected chi connectivity index (χ3v) is 4.15. The fraction of sp³-hybridized carbons (Fsp3) is 0.400. The monoisotopic (exact) mass is 358 g/mol. The first kappa shape index (κ1) is 16.8. The average molecular weight is 359 g/mol. The Morgan fingerprint density at radius 1 is 1.33 bits per heavy atom. The molecule has 0 saturated carbocycles. The second-order valence-electron chi connectivity index (χ2n) is 5.53. The lowest BCUT2D eigenvalue weighted by Gasteiger charge is -2.14. The van der Waals surface area contributed by atoms with E-state index >= 15 is 0 Å². The molecule has 9 heteroatoms. The van der Waals surface area contributed by atoms with Crippen molar-refractivity contribution < 1.29 is 18.0 Å². The predicted molar refractivity (Wildman–Crippen MR) is 81.7 cm³/mol. The first-order chi connectivity index (χ1) is 11.4. The molecular weight excluding hydrogens is 345 g/mol. The van der Waals surface area contributed by atoms with Crippen LogP contribution in [0.4, 0.5) is 18.9 Å². The molecule has 3 rings (SSSR count). The maximum atomic E-state index is 13.1. The molecule has 0 spiro atoms. The van der Waals surface area contributed by atoms with Crippen molar-refractivity contribution in [1.29, 1.82) is 0 Å². The summed E-state index contributed by atoms with van der Waals surface area (Å²) in [5, 5.41) is 6.30. The Balaban J connectivity index is 1.84. The lowest BCUT2D eigenvalue weighted by Crippen LogP contribution is -2.22. The van der Waals surface area contributed by atoms with Crippen LogP contribution in [0.25, 0.3) is 0 Å². The van der Waals surface area contributed by atoms with Crippen molar-refractivity contribution >= 4 is 23.2 Å². The molecule has 1 N–H and O–H groups in total. The van der Waals surface area contributed by atoms with E-state index in [-0.39, 0.29) is 17.3 Å². The number of hydrogen-bond donors (Lipinski definition) is 1. The fourth-order valence-corrected chi connectivity index (χ4v) is 3.00. The van der Waals surface area contributed by atoms with Gasteiger partial charge in [-0.1, -0.05) is 11.6 Å². The van der Waals surface area contributed by atoms with E-state index in [0.29, 0.717) is 30.6 Å². The number of carbonyl (C=O) groups is 1.